The van der Waals surface area contributed by atoms with Gasteiger partial charge in [-0.25, -0.2) is 0 Å². The van der Waals surface area contributed by atoms with Gasteiger partial charge in [0, 0.05) is 11.3 Å². The zero-order valence-corrected chi connectivity index (χ0v) is 8.50. The third-order valence-corrected chi connectivity index (χ3v) is 3.42. The smallest absolute Gasteiger partial charge is 0.160 e. The highest BCUT2D eigenvalue weighted by molar-refractivity contribution is 5.96. The van der Waals surface area contributed by atoms with Crippen LogP contribution in [0.25, 0.3) is 0 Å². The molecule has 2 rings (SSSR count). The molecule has 0 heterocycles. The summed E-state index contributed by atoms with van der Waals surface area (Å²) in [5, 5.41) is 0. The SMILES string of the molecule is CC12C=CCC(C)(C)C1C(=O)C=C2. The van der Waals surface area contributed by atoms with E-state index in [9.17, 15) is 4.79 Å². The van der Waals surface area contributed by atoms with Gasteiger partial charge in [-0.2, -0.15) is 0 Å². The minimum atomic E-state index is -0.0150. The third kappa shape index (κ3) is 1.10. The van der Waals surface area contributed by atoms with Crippen LogP contribution in [0.2, 0.25) is 0 Å². The van der Waals surface area contributed by atoms with Crippen LogP contribution >= 0.6 is 0 Å². The highest BCUT2D eigenvalue weighted by Gasteiger charge is 2.48. The van der Waals surface area contributed by atoms with E-state index in [1.165, 1.54) is 0 Å². The summed E-state index contributed by atoms with van der Waals surface area (Å²) in [7, 11) is 0. The van der Waals surface area contributed by atoms with Crippen molar-refractivity contribution in [3.05, 3.63) is 24.3 Å². The van der Waals surface area contributed by atoms with Crippen LogP contribution in [-0.4, -0.2) is 5.78 Å². The van der Waals surface area contributed by atoms with Crippen LogP contribution in [0.4, 0.5) is 0 Å². The lowest BCUT2D eigenvalue weighted by molar-refractivity contribution is -0.123. The first-order valence-corrected chi connectivity index (χ1v) is 4.86. The molecule has 0 saturated carbocycles. The lowest BCUT2D eigenvalue weighted by atomic mass is 9.61. The molecule has 0 N–H and O–H groups in total. The first-order chi connectivity index (χ1) is 5.96. The highest BCUT2D eigenvalue weighted by Crippen LogP contribution is 2.51. The van der Waals surface area contributed by atoms with Gasteiger partial charge in [-0.15, -0.1) is 0 Å². The van der Waals surface area contributed by atoms with Crippen LogP contribution in [0, 0.1) is 16.7 Å². The number of fused-ring (bicyclic) bond motifs is 1. The van der Waals surface area contributed by atoms with Gasteiger partial charge in [0.1, 0.15) is 0 Å². The Labute approximate surface area is 79.5 Å². The molecule has 0 spiro atoms. The topological polar surface area (TPSA) is 17.1 Å². The molecule has 0 fully saturated rings. The molecule has 0 aromatic heterocycles. The van der Waals surface area contributed by atoms with Crippen molar-refractivity contribution in [3.8, 4) is 0 Å². The maximum absolute atomic E-state index is 11.7. The molecule has 2 aliphatic carbocycles. The van der Waals surface area contributed by atoms with E-state index in [0.29, 0.717) is 5.78 Å². The van der Waals surface area contributed by atoms with Gasteiger partial charge < -0.3 is 0 Å². The van der Waals surface area contributed by atoms with Crippen LogP contribution < -0.4 is 0 Å². The predicted molar refractivity (Wildman–Crippen MR) is 53.3 cm³/mol. The Balaban J connectivity index is 2.49. The van der Waals surface area contributed by atoms with E-state index in [0.717, 1.165) is 6.42 Å². The zero-order chi connectivity index (χ0) is 9.69. The van der Waals surface area contributed by atoms with E-state index in [4.69, 9.17) is 0 Å². The maximum atomic E-state index is 11.7. The standard InChI is InChI=1S/C12H16O/c1-11(2)6-4-7-12(3)8-5-9(13)10(11)12/h4-5,7-8,10H,6H2,1-3H3. The molecular formula is C12H16O. The van der Waals surface area contributed by atoms with Crippen molar-refractivity contribution in [2.24, 2.45) is 16.7 Å². The summed E-state index contributed by atoms with van der Waals surface area (Å²) in [5.74, 6) is 0.460. The van der Waals surface area contributed by atoms with Crippen LogP contribution in [0.15, 0.2) is 24.3 Å². The number of ketones is 1. The monoisotopic (exact) mass is 176 g/mol. The van der Waals surface area contributed by atoms with Crippen molar-refractivity contribution < 1.29 is 4.79 Å². The van der Waals surface area contributed by atoms with Gasteiger partial charge in [0.05, 0.1) is 0 Å². The number of rotatable bonds is 0. The average Bonchev–Trinajstić information content (AvgIpc) is 2.27. The second-order valence-electron chi connectivity index (χ2n) is 5.13. The first-order valence-electron chi connectivity index (χ1n) is 4.86. The fourth-order valence-corrected chi connectivity index (χ4v) is 2.87. The summed E-state index contributed by atoms with van der Waals surface area (Å²) in [6.07, 6.45) is 9.21. The molecule has 0 saturated heterocycles. The predicted octanol–water partition coefficient (Wildman–Crippen LogP) is 2.73. The van der Waals surface area contributed by atoms with Gasteiger partial charge in [-0.05, 0) is 17.9 Å². The second-order valence-corrected chi connectivity index (χ2v) is 5.13. The van der Waals surface area contributed by atoms with Crippen molar-refractivity contribution >= 4 is 5.78 Å². The lowest BCUT2D eigenvalue weighted by Crippen LogP contribution is -2.39. The van der Waals surface area contributed by atoms with Crippen molar-refractivity contribution in [1.82, 2.24) is 0 Å². The first kappa shape index (κ1) is 8.74. The molecule has 1 nitrogen and oxygen atoms in total. The molecule has 0 bridgehead atoms. The number of carbonyl (C=O) groups is 1. The Hall–Kier alpha value is -0.850. The number of carbonyl (C=O) groups excluding carboxylic acids is 1. The summed E-state index contributed by atoms with van der Waals surface area (Å²) >= 11 is 0. The summed E-state index contributed by atoms with van der Waals surface area (Å²) in [5.41, 5.74) is 0.100. The minimum absolute atomic E-state index is 0.0150. The largest absolute Gasteiger partial charge is 0.294 e. The lowest BCUT2D eigenvalue weighted by Gasteiger charge is -2.42. The number of hydrogen-bond acceptors (Lipinski definition) is 1. The summed E-state index contributed by atoms with van der Waals surface area (Å²) < 4.78 is 0. The molecular weight excluding hydrogens is 160 g/mol. The molecule has 13 heavy (non-hydrogen) atoms. The second kappa shape index (κ2) is 2.34. The molecule has 1 heteroatoms. The van der Waals surface area contributed by atoms with Crippen LogP contribution in [0.1, 0.15) is 27.2 Å². The third-order valence-electron chi connectivity index (χ3n) is 3.42. The molecule has 2 unspecified atom stereocenters. The average molecular weight is 176 g/mol. The van der Waals surface area contributed by atoms with Gasteiger partial charge in [-0.3, -0.25) is 4.79 Å². The van der Waals surface area contributed by atoms with E-state index < -0.39 is 0 Å². The molecule has 0 aromatic carbocycles. The fourth-order valence-electron chi connectivity index (χ4n) is 2.87. The normalized spacial score (nSPS) is 40.8. The van der Waals surface area contributed by atoms with Crippen LogP contribution in [-0.2, 0) is 4.79 Å². The van der Waals surface area contributed by atoms with E-state index in [1.54, 1.807) is 6.08 Å². The Kier molecular flexibility index (Phi) is 1.57. The van der Waals surface area contributed by atoms with Crippen molar-refractivity contribution in [2.75, 3.05) is 0 Å². The molecule has 0 aromatic rings. The van der Waals surface area contributed by atoms with Gasteiger partial charge >= 0.3 is 0 Å². The number of hydrogen-bond donors (Lipinski definition) is 0. The molecule has 0 radical (unpaired) electrons. The van der Waals surface area contributed by atoms with Gasteiger partial charge in [0.25, 0.3) is 0 Å². The van der Waals surface area contributed by atoms with Crippen molar-refractivity contribution in [1.29, 1.82) is 0 Å². The van der Waals surface area contributed by atoms with E-state index in [-0.39, 0.29) is 16.7 Å². The van der Waals surface area contributed by atoms with Crippen LogP contribution in [0.5, 0.6) is 0 Å². The molecule has 0 aliphatic heterocycles. The van der Waals surface area contributed by atoms with Gasteiger partial charge in [0.15, 0.2) is 5.78 Å². The van der Waals surface area contributed by atoms with Crippen molar-refractivity contribution in [3.63, 3.8) is 0 Å². The highest BCUT2D eigenvalue weighted by atomic mass is 16.1. The van der Waals surface area contributed by atoms with Crippen LogP contribution in [0.3, 0.4) is 0 Å². The minimum Gasteiger partial charge on any atom is -0.294 e. The summed E-state index contributed by atoms with van der Waals surface area (Å²) in [6, 6.07) is 0. The quantitative estimate of drug-likeness (QED) is 0.519. The molecule has 0 amide bonds. The fraction of sp³-hybridized carbons (Fsp3) is 0.583. The Morgan fingerprint density at radius 2 is 2.00 bits per heavy atom. The maximum Gasteiger partial charge on any atom is 0.160 e. The van der Waals surface area contributed by atoms with Crippen molar-refractivity contribution in [2.45, 2.75) is 27.2 Å². The Bertz CT molecular complexity index is 309. The Morgan fingerprint density at radius 3 is 2.62 bits per heavy atom. The van der Waals surface area contributed by atoms with Gasteiger partial charge in [0.2, 0.25) is 0 Å². The van der Waals surface area contributed by atoms with Gasteiger partial charge in [-0.1, -0.05) is 39.0 Å². The van der Waals surface area contributed by atoms with E-state index in [1.807, 2.05) is 0 Å². The summed E-state index contributed by atoms with van der Waals surface area (Å²) in [4.78, 5) is 11.7. The zero-order valence-electron chi connectivity index (χ0n) is 8.50. The molecule has 70 valence electrons. The Morgan fingerprint density at radius 1 is 1.31 bits per heavy atom. The summed E-state index contributed by atoms with van der Waals surface area (Å²) in [6.45, 7) is 6.52. The van der Waals surface area contributed by atoms with E-state index >= 15 is 0 Å². The van der Waals surface area contributed by atoms with E-state index in [2.05, 4.69) is 39.0 Å². The molecule has 2 atom stereocenters. The molecule has 2 aliphatic rings. The number of allylic oxidation sites excluding steroid dienone is 4.